The van der Waals surface area contributed by atoms with Crippen LogP contribution in [-0.4, -0.2) is 21.4 Å². The van der Waals surface area contributed by atoms with Gasteiger partial charge in [-0.05, 0) is 36.5 Å². The molecule has 4 rings (SSSR count). The molecule has 0 radical (unpaired) electrons. The average molecular weight is 343 g/mol. The van der Waals surface area contributed by atoms with Gasteiger partial charge in [0.05, 0.1) is 5.03 Å². The van der Waals surface area contributed by atoms with Crippen molar-refractivity contribution in [2.45, 2.75) is 36.4 Å². The van der Waals surface area contributed by atoms with E-state index in [2.05, 4.69) is 0 Å². The lowest BCUT2D eigenvalue weighted by atomic mass is 10.1. The molecule has 1 saturated carbocycles. The third-order valence-electron chi connectivity index (χ3n) is 4.43. The summed E-state index contributed by atoms with van der Waals surface area (Å²) in [6, 6.07) is 10.3. The number of fused-ring (bicyclic) bond motifs is 1. The normalized spacial score (nSPS) is 19.1. The number of aromatic nitrogens is 1. The highest BCUT2D eigenvalue weighted by molar-refractivity contribution is 7.99. The van der Waals surface area contributed by atoms with Gasteiger partial charge in [0.25, 0.3) is 5.56 Å². The molecule has 0 bridgehead atoms. The first-order chi connectivity index (χ1) is 11.6. The molecular formula is C18H17NO4S. The van der Waals surface area contributed by atoms with Crippen molar-refractivity contribution in [1.29, 1.82) is 0 Å². The van der Waals surface area contributed by atoms with Crippen molar-refractivity contribution in [2.24, 2.45) is 0 Å². The minimum atomic E-state index is -0.946. The molecule has 1 aliphatic carbocycles. The van der Waals surface area contributed by atoms with Crippen molar-refractivity contribution in [2.75, 3.05) is 5.75 Å². The van der Waals surface area contributed by atoms with Gasteiger partial charge >= 0.3 is 5.97 Å². The molecule has 2 heterocycles. The first kappa shape index (κ1) is 15.3. The Morgan fingerprint density at radius 1 is 1.29 bits per heavy atom. The summed E-state index contributed by atoms with van der Waals surface area (Å²) in [5, 5.41) is 10.2. The number of carboxylic acid groups (broad SMARTS) is 1. The van der Waals surface area contributed by atoms with Crippen LogP contribution in [0.2, 0.25) is 0 Å². The number of thioether (sulfide) groups is 1. The van der Waals surface area contributed by atoms with Gasteiger partial charge in [0.2, 0.25) is 0 Å². The molecule has 0 spiro atoms. The number of pyridine rings is 1. The number of hydrogen-bond acceptors (Lipinski definition) is 4. The summed E-state index contributed by atoms with van der Waals surface area (Å²) in [6.45, 7) is 0.331. The number of aliphatic carboxylic acids is 1. The molecule has 1 N–H and O–H groups in total. The molecule has 2 aliphatic rings. The fraction of sp³-hybridized carbons (Fsp3) is 0.333. The molecule has 2 aromatic rings. The summed E-state index contributed by atoms with van der Waals surface area (Å²) in [6.07, 6.45) is 2.17. The molecule has 0 unspecified atom stereocenters. The number of rotatable bonds is 5. The summed E-state index contributed by atoms with van der Waals surface area (Å²) in [7, 11) is 0. The van der Waals surface area contributed by atoms with Gasteiger partial charge in [-0.2, -0.15) is 0 Å². The predicted octanol–water partition coefficient (Wildman–Crippen LogP) is 3.04. The van der Waals surface area contributed by atoms with Gasteiger partial charge in [-0.15, -0.1) is 11.8 Å². The molecule has 5 nitrogen and oxygen atoms in total. The summed E-state index contributed by atoms with van der Waals surface area (Å²) < 4.78 is 7.28. The first-order valence-corrected chi connectivity index (χ1v) is 8.95. The van der Waals surface area contributed by atoms with Crippen molar-refractivity contribution >= 4 is 17.7 Å². The Morgan fingerprint density at radius 3 is 2.71 bits per heavy atom. The highest BCUT2D eigenvalue weighted by atomic mass is 32.2. The van der Waals surface area contributed by atoms with Crippen molar-refractivity contribution in [1.82, 2.24) is 4.57 Å². The van der Waals surface area contributed by atoms with E-state index < -0.39 is 12.0 Å². The monoisotopic (exact) mass is 343 g/mol. The van der Waals surface area contributed by atoms with E-state index >= 15 is 0 Å². The van der Waals surface area contributed by atoms with Crippen LogP contribution in [0.15, 0.2) is 46.2 Å². The van der Waals surface area contributed by atoms with E-state index in [-0.39, 0.29) is 5.56 Å². The van der Waals surface area contributed by atoms with Crippen LogP contribution in [0.1, 0.15) is 35.9 Å². The zero-order valence-electron chi connectivity index (χ0n) is 13.0. The van der Waals surface area contributed by atoms with Crippen LogP contribution in [0.5, 0.6) is 5.75 Å². The second-order valence-electron chi connectivity index (χ2n) is 6.14. The lowest BCUT2D eigenvalue weighted by Gasteiger charge is -2.16. The summed E-state index contributed by atoms with van der Waals surface area (Å²) in [5.74, 6) is 0.642. The Kier molecular flexibility index (Phi) is 3.84. The van der Waals surface area contributed by atoms with Crippen LogP contribution in [-0.2, 0) is 11.4 Å². The SMILES string of the molecule is O=C(O)[C@@H]1CSc2c(C3CC3)c(COc3ccccc3)cc(=O)n21. The van der Waals surface area contributed by atoms with E-state index in [1.807, 2.05) is 30.3 Å². The van der Waals surface area contributed by atoms with Gasteiger partial charge in [-0.3, -0.25) is 9.36 Å². The number of carboxylic acids is 1. The second kappa shape index (κ2) is 6.02. The van der Waals surface area contributed by atoms with E-state index in [0.29, 0.717) is 18.3 Å². The van der Waals surface area contributed by atoms with Crippen molar-refractivity contribution in [3.05, 3.63) is 57.9 Å². The van der Waals surface area contributed by atoms with Gasteiger partial charge in [-0.1, -0.05) is 18.2 Å². The largest absolute Gasteiger partial charge is 0.489 e. The number of para-hydroxylation sites is 1. The van der Waals surface area contributed by atoms with Crippen LogP contribution in [0.25, 0.3) is 0 Å². The molecule has 1 aromatic heterocycles. The van der Waals surface area contributed by atoms with Gasteiger partial charge in [0, 0.05) is 17.4 Å². The van der Waals surface area contributed by atoms with Crippen LogP contribution in [0.3, 0.4) is 0 Å². The van der Waals surface area contributed by atoms with Crippen molar-refractivity contribution < 1.29 is 14.6 Å². The fourth-order valence-electron chi connectivity index (χ4n) is 3.13. The van der Waals surface area contributed by atoms with E-state index in [1.165, 1.54) is 16.3 Å². The Labute approximate surface area is 143 Å². The summed E-state index contributed by atoms with van der Waals surface area (Å²) >= 11 is 1.48. The zero-order chi connectivity index (χ0) is 16.7. The molecule has 124 valence electrons. The molecule has 1 atom stereocenters. The highest BCUT2D eigenvalue weighted by Gasteiger charge is 2.37. The third kappa shape index (κ3) is 2.71. The Hall–Kier alpha value is -2.21. The highest BCUT2D eigenvalue weighted by Crippen LogP contribution is 2.48. The number of hydrogen-bond donors (Lipinski definition) is 1. The minimum absolute atomic E-state index is 0.251. The second-order valence-corrected chi connectivity index (χ2v) is 7.15. The number of carbonyl (C=O) groups is 1. The molecule has 0 amide bonds. The van der Waals surface area contributed by atoms with E-state index in [1.54, 1.807) is 6.07 Å². The fourth-order valence-corrected chi connectivity index (χ4v) is 4.54. The first-order valence-electron chi connectivity index (χ1n) is 7.97. The molecule has 1 aliphatic heterocycles. The topological polar surface area (TPSA) is 68.5 Å². The van der Waals surface area contributed by atoms with Crippen LogP contribution in [0, 0.1) is 0 Å². The lowest BCUT2D eigenvalue weighted by Crippen LogP contribution is -2.29. The molecule has 0 saturated heterocycles. The number of nitrogens with zero attached hydrogens (tertiary/aromatic N) is 1. The van der Waals surface area contributed by atoms with Gasteiger partial charge < -0.3 is 9.84 Å². The van der Waals surface area contributed by atoms with Gasteiger partial charge in [-0.25, -0.2) is 4.79 Å². The maximum Gasteiger partial charge on any atom is 0.327 e. The Morgan fingerprint density at radius 2 is 2.04 bits per heavy atom. The molecule has 6 heteroatoms. The Bertz CT molecular complexity index is 842. The predicted molar refractivity (Wildman–Crippen MR) is 90.8 cm³/mol. The maximum atomic E-state index is 12.5. The van der Waals surface area contributed by atoms with Crippen molar-refractivity contribution in [3.63, 3.8) is 0 Å². The molecule has 1 aromatic carbocycles. The van der Waals surface area contributed by atoms with Crippen LogP contribution in [0.4, 0.5) is 0 Å². The van der Waals surface area contributed by atoms with Gasteiger partial charge in [0.15, 0.2) is 0 Å². The number of ether oxygens (including phenoxy) is 1. The van der Waals surface area contributed by atoms with E-state index in [0.717, 1.165) is 34.7 Å². The minimum Gasteiger partial charge on any atom is -0.489 e. The standard InChI is InChI=1S/C18H17NO4S/c20-15-8-12(9-23-13-4-2-1-3-5-13)16(11-6-7-11)17-19(15)14(10-24-17)18(21)22/h1-5,8,11,14H,6-7,9-10H2,(H,21,22)/t14-/m0/s1. The lowest BCUT2D eigenvalue weighted by molar-refractivity contribution is -0.140. The van der Waals surface area contributed by atoms with Crippen LogP contribution >= 0.6 is 11.8 Å². The maximum absolute atomic E-state index is 12.5. The smallest absolute Gasteiger partial charge is 0.327 e. The third-order valence-corrected chi connectivity index (χ3v) is 5.60. The van der Waals surface area contributed by atoms with E-state index in [4.69, 9.17) is 4.74 Å². The summed E-state index contributed by atoms with van der Waals surface area (Å²) in [5.41, 5.74) is 1.74. The van der Waals surface area contributed by atoms with Gasteiger partial charge in [0.1, 0.15) is 18.4 Å². The average Bonchev–Trinajstić information content (AvgIpc) is 3.30. The van der Waals surface area contributed by atoms with Crippen molar-refractivity contribution in [3.8, 4) is 5.75 Å². The molecule has 24 heavy (non-hydrogen) atoms. The zero-order valence-corrected chi connectivity index (χ0v) is 13.8. The number of benzene rings is 1. The summed E-state index contributed by atoms with van der Waals surface area (Å²) in [4.78, 5) is 23.9. The van der Waals surface area contributed by atoms with E-state index in [9.17, 15) is 14.7 Å². The molecule has 1 fully saturated rings. The quantitative estimate of drug-likeness (QED) is 0.904. The van der Waals surface area contributed by atoms with Crippen LogP contribution < -0.4 is 10.3 Å². The molecular weight excluding hydrogens is 326 g/mol. The Balaban J connectivity index is 1.72.